The summed E-state index contributed by atoms with van der Waals surface area (Å²) in [5, 5.41) is 42.2. The first-order chi connectivity index (χ1) is 11.5. The number of quaternary nitrogens is 1. The maximum absolute atomic E-state index is 12.3. The lowest BCUT2D eigenvalue weighted by atomic mass is 10.2. The van der Waals surface area contributed by atoms with Gasteiger partial charge in [0.05, 0.1) is 37.7 Å². The normalized spacial score (nSPS) is 9.72. The number of halogens is 2. The standard InChI is InChI=1S/C6H5ClFN.C6H3N3O7/c7-5-3-4(9)1-2-6(5)8;10-6-4(8(13)14)1-3(7(11)12)2-5(6)9(15)16/h1-3H,9H2;1-2,10H. The van der Waals surface area contributed by atoms with E-state index < -0.39 is 43.4 Å². The summed E-state index contributed by atoms with van der Waals surface area (Å²) in [5.41, 5.74) is 1.03. The maximum atomic E-state index is 12.3. The summed E-state index contributed by atoms with van der Waals surface area (Å²) in [5.74, 6) is -1.86. The molecule has 0 aliphatic rings. The fraction of sp³-hybridized carbons (Fsp3) is 0. The second-order valence-corrected chi connectivity index (χ2v) is 4.74. The predicted molar refractivity (Wildman–Crippen MR) is 79.8 cm³/mol. The first-order valence-corrected chi connectivity index (χ1v) is 6.47. The van der Waals surface area contributed by atoms with E-state index in [1.807, 2.05) is 0 Å². The first-order valence-electron chi connectivity index (χ1n) is 6.09. The topological polar surface area (TPSA) is 180 Å². The predicted octanol–water partition coefficient (Wildman–Crippen LogP) is 1.84. The molecule has 0 aliphatic carbocycles. The molecule has 0 atom stereocenters. The summed E-state index contributed by atoms with van der Waals surface area (Å²) < 4.78 is 12.3. The van der Waals surface area contributed by atoms with Crippen molar-refractivity contribution in [3.05, 3.63) is 71.5 Å². The van der Waals surface area contributed by atoms with Gasteiger partial charge in [0, 0.05) is 12.1 Å². The van der Waals surface area contributed by atoms with Crippen molar-refractivity contribution < 1.29 is 30.0 Å². The molecule has 0 bridgehead atoms. The third-order valence-corrected chi connectivity index (χ3v) is 2.91. The SMILES string of the molecule is O=[N+]([O-])c1cc([N+](=O)[O-])c([O-])c([N+](=O)[O-])c1.[NH3+]c1ccc(F)c(Cl)c1. The highest BCUT2D eigenvalue weighted by atomic mass is 35.5. The van der Waals surface area contributed by atoms with Crippen molar-refractivity contribution in [1.29, 1.82) is 0 Å². The molecule has 2 rings (SSSR count). The monoisotopic (exact) mass is 374 g/mol. The summed E-state index contributed by atoms with van der Waals surface area (Å²) in [7, 11) is 0. The zero-order valence-corrected chi connectivity index (χ0v) is 12.8. The van der Waals surface area contributed by atoms with Crippen LogP contribution in [0.2, 0.25) is 5.02 Å². The number of hydrogen-bond acceptors (Lipinski definition) is 7. The van der Waals surface area contributed by atoms with Gasteiger partial charge >= 0.3 is 0 Å². The molecular formula is C12H8ClFN4O7. The van der Waals surface area contributed by atoms with Crippen LogP contribution < -0.4 is 10.8 Å². The van der Waals surface area contributed by atoms with Gasteiger partial charge in [0.2, 0.25) is 0 Å². The first kappa shape index (κ1) is 19.7. The average Bonchev–Trinajstić information content (AvgIpc) is 2.51. The fourth-order valence-corrected chi connectivity index (χ4v) is 1.70. The molecule has 0 aromatic heterocycles. The number of hydrogen-bond donors (Lipinski definition) is 1. The van der Waals surface area contributed by atoms with Gasteiger partial charge in [0.25, 0.3) is 17.1 Å². The minimum Gasteiger partial charge on any atom is -0.863 e. The van der Waals surface area contributed by atoms with E-state index in [4.69, 9.17) is 11.6 Å². The number of nitro benzene ring substituents is 3. The zero-order chi connectivity index (χ0) is 19.3. The van der Waals surface area contributed by atoms with Gasteiger partial charge < -0.3 is 10.8 Å². The molecule has 3 N–H and O–H groups in total. The lowest BCUT2D eigenvalue weighted by Crippen LogP contribution is -2.39. The van der Waals surface area contributed by atoms with Crippen LogP contribution in [0.4, 0.5) is 27.1 Å². The molecule has 0 saturated heterocycles. The van der Waals surface area contributed by atoms with Gasteiger partial charge in [0.1, 0.15) is 11.5 Å². The van der Waals surface area contributed by atoms with Crippen LogP contribution in [0.25, 0.3) is 0 Å². The van der Waals surface area contributed by atoms with E-state index in [-0.39, 0.29) is 5.02 Å². The molecule has 0 heterocycles. The largest absolute Gasteiger partial charge is 0.863 e. The number of rotatable bonds is 3. The van der Waals surface area contributed by atoms with E-state index in [9.17, 15) is 39.8 Å². The molecule has 11 nitrogen and oxygen atoms in total. The van der Waals surface area contributed by atoms with E-state index in [1.54, 1.807) is 6.07 Å². The number of non-ortho nitro benzene ring substituents is 1. The molecule has 132 valence electrons. The molecule has 2 aromatic carbocycles. The third kappa shape index (κ3) is 5.05. The molecule has 0 radical (unpaired) electrons. The summed E-state index contributed by atoms with van der Waals surface area (Å²) >= 11 is 5.40. The molecular weight excluding hydrogens is 367 g/mol. The Bertz CT molecular complexity index is 826. The highest BCUT2D eigenvalue weighted by molar-refractivity contribution is 6.30. The van der Waals surface area contributed by atoms with E-state index in [1.165, 1.54) is 12.1 Å². The maximum Gasteiger partial charge on any atom is 0.283 e. The van der Waals surface area contributed by atoms with Gasteiger partial charge in [-0.25, -0.2) is 4.39 Å². The molecule has 0 fully saturated rings. The molecule has 0 aliphatic heterocycles. The Labute approximate surface area is 142 Å². The minimum absolute atomic E-state index is 0.127. The lowest BCUT2D eigenvalue weighted by molar-refractivity contribution is -0.420. The highest BCUT2D eigenvalue weighted by Gasteiger charge is 2.24. The molecule has 25 heavy (non-hydrogen) atoms. The molecule has 0 amide bonds. The van der Waals surface area contributed by atoms with Gasteiger partial charge in [-0.05, 0) is 6.07 Å². The van der Waals surface area contributed by atoms with Crippen LogP contribution in [0.1, 0.15) is 0 Å². The summed E-state index contributed by atoms with van der Waals surface area (Å²) in [4.78, 5) is 27.5. The molecule has 0 spiro atoms. The van der Waals surface area contributed by atoms with Crippen LogP contribution in [0.15, 0.2) is 30.3 Å². The Hall–Kier alpha value is -3.38. The molecule has 0 unspecified atom stereocenters. The Kier molecular flexibility index (Phi) is 6.25. The van der Waals surface area contributed by atoms with Crippen LogP contribution in [-0.2, 0) is 0 Å². The van der Waals surface area contributed by atoms with Crippen LogP contribution in [-0.4, -0.2) is 14.8 Å². The van der Waals surface area contributed by atoms with Crippen molar-refractivity contribution in [3.8, 4) is 5.75 Å². The van der Waals surface area contributed by atoms with Gasteiger partial charge in [-0.15, -0.1) is 0 Å². The Morgan fingerprint density at radius 3 is 1.72 bits per heavy atom. The van der Waals surface area contributed by atoms with Crippen molar-refractivity contribution in [3.63, 3.8) is 0 Å². The Morgan fingerprint density at radius 2 is 1.40 bits per heavy atom. The summed E-state index contributed by atoms with van der Waals surface area (Å²) in [6.07, 6.45) is 0. The van der Waals surface area contributed by atoms with Crippen molar-refractivity contribution >= 4 is 34.4 Å². The van der Waals surface area contributed by atoms with E-state index in [0.717, 1.165) is 5.69 Å². The van der Waals surface area contributed by atoms with E-state index in [0.29, 0.717) is 12.1 Å². The van der Waals surface area contributed by atoms with Crippen LogP contribution in [0.3, 0.4) is 0 Å². The molecule has 2 aromatic rings. The van der Waals surface area contributed by atoms with Gasteiger partial charge in [-0.2, -0.15) is 0 Å². The average molecular weight is 375 g/mol. The number of nitro groups is 3. The smallest absolute Gasteiger partial charge is 0.283 e. The fourth-order valence-electron chi connectivity index (χ4n) is 1.50. The van der Waals surface area contributed by atoms with Crippen LogP contribution >= 0.6 is 11.6 Å². The second kappa shape index (κ2) is 7.94. The zero-order valence-electron chi connectivity index (χ0n) is 12.0. The Morgan fingerprint density at radius 1 is 0.920 bits per heavy atom. The van der Waals surface area contributed by atoms with Crippen molar-refractivity contribution in [2.45, 2.75) is 0 Å². The highest BCUT2D eigenvalue weighted by Crippen LogP contribution is 2.36. The number of benzene rings is 2. The van der Waals surface area contributed by atoms with Gasteiger partial charge in [-0.3, -0.25) is 30.3 Å². The van der Waals surface area contributed by atoms with Crippen LogP contribution in [0.5, 0.6) is 5.75 Å². The Balaban J connectivity index is 0.000000293. The molecule has 0 saturated carbocycles. The third-order valence-electron chi connectivity index (χ3n) is 2.62. The quantitative estimate of drug-likeness (QED) is 0.627. The second-order valence-electron chi connectivity index (χ2n) is 4.33. The van der Waals surface area contributed by atoms with Gasteiger partial charge in [0.15, 0.2) is 0 Å². The van der Waals surface area contributed by atoms with E-state index in [2.05, 4.69) is 5.73 Å². The minimum atomic E-state index is -1.46. The van der Waals surface area contributed by atoms with Gasteiger partial charge in [-0.1, -0.05) is 11.6 Å². The van der Waals surface area contributed by atoms with Crippen molar-refractivity contribution in [2.24, 2.45) is 0 Å². The number of nitrogens with zero attached hydrogens (tertiary/aromatic N) is 3. The van der Waals surface area contributed by atoms with Crippen molar-refractivity contribution in [2.75, 3.05) is 0 Å². The summed E-state index contributed by atoms with van der Waals surface area (Å²) in [6, 6.07) is 5.12. The molecule has 13 heteroatoms. The van der Waals surface area contributed by atoms with E-state index >= 15 is 0 Å². The van der Waals surface area contributed by atoms with Crippen LogP contribution in [0, 0.1) is 36.2 Å². The van der Waals surface area contributed by atoms with Crippen molar-refractivity contribution in [1.82, 2.24) is 0 Å². The lowest BCUT2D eigenvalue weighted by Gasteiger charge is -2.06. The summed E-state index contributed by atoms with van der Waals surface area (Å²) in [6.45, 7) is 0.